The van der Waals surface area contributed by atoms with Crippen molar-refractivity contribution < 1.29 is 39.5 Å². The quantitative estimate of drug-likeness (QED) is 0.769. The van der Waals surface area contributed by atoms with E-state index in [1.807, 2.05) is 4.72 Å². The van der Waals surface area contributed by atoms with Crippen molar-refractivity contribution in [2.24, 2.45) is 0 Å². The van der Waals surface area contributed by atoms with Crippen molar-refractivity contribution in [3.05, 3.63) is 53.6 Å². The summed E-state index contributed by atoms with van der Waals surface area (Å²) in [6, 6.07) is 5.47. The molecule has 0 aliphatic heterocycles. The van der Waals surface area contributed by atoms with Crippen molar-refractivity contribution in [2.45, 2.75) is 17.2 Å². The van der Waals surface area contributed by atoms with E-state index < -0.39 is 38.4 Å². The van der Waals surface area contributed by atoms with E-state index in [4.69, 9.17) is 4.74 Å². The molecule has 0 unspecified atom stereocenters. The number of nitrogens with one attached hydrogen (secondary N) is 1. The fourth-order valence-electron chi connectivity index (χ4n) is 1.98. The van der Waals surface area contributed by atoms with Gasteiger partial charge in [-0.1, -0.05) is 6.07 Å². The van der Waals surface area contributed by atoms with Crippen LogP contribution in [0.3, 0.4) is 0 Å². The number of ether oxygens (including phenoxy) is 1. The largest absolute Gasteiger partial charge is 0.497 e. The molecule has 0 bridgehead atoms. The van der Waals surface area contributed by atoms with Crippen LogP contribution in [-0.2, 0) is 22.4 Å². The molecule has 26 heavy (non-hydrogen) atoms. The molecule has 2 aromatic rings. The zero-order valence-electron chi connectivity index (χ0n) is 12.9. The minimum atomic E-state index is -5.15. The van der Waals surface area contributed by atoms with Gasteiger partial charge in [0.25, 0.3) is 10.0 Å². The molecule has 2 rings (SSSR count). The molecule has 0 fully saturated rings. The van der Waals surface area contributed by atoms with E-state index in [9.17, 15) is 34.8 Å². The van der Waals surface area contributed by atoms with E-state index >= 15 is 0 Å². The average molecular weight is 399 g/mol. The number of hydrogen-bond acceptors (Lipinski definition) is 3. The minimum Gasteiger partial charge on any atom is -0.497 e. The van der Waals surface area contributed by atoms with Crippen LogP contribution in [0.5, 0.6) is 5.75 Å². The van der Waals surface area contributed by atoms with Crippen LogP contribution < -0.4 is 9.46 Å². The van der Waals surface area contributed by atoms with Gasteiger partial charge in [-0.2, -0.15) is 26.3 Å². The molecular formula is C15H11F6NO3S. The lowest BCUT2D eigenvalue weighted by atomic mass is 10.1. The van der Waals surface area contributed by atoms with Crippen LogP contribution in [0.1, 0.15) is 11.1 Å². The summed E-state index contributed by atoms with van der Waals surface area (Å²) in [4.78, 5) is -1.16. The van der Waals surface area contributed by atoms with Crippen LogP contribution in [0.15, 0.2) is 47.4 Å². The highest BCUT2D eigenvalue weighted by atomic mass is 32.2. The van der Waals surface area contributed by atoms with Gasteiger partial charge in [0.15, 0.2) is 0 Å². The van der Waals surface area contributed by atoms with Crippen molar-refractivity contribution in [2.75, 3.05) is 11.8 Å². The van der Waals surface area contributed by atoms with Gasteiger partial charge < -0.3 is 4.74 Å². The zero-order chi connectivity index (χ0) is 19.8. The first-order valence-electron chi connectivity index (χ1n) is 6.79. The lowest BCUT2D eigenvalue weighted by Crippen LogP contribution is -2.17. The third-order valence-corrected chi connectivity index (χ3v) is 4.55. The smallest absolute Gasteiger partial charge is 0.416 e. The molecule has 0 radical (unpaired) electrons. The van der Waals surface area contributed by atoms with Crippen molar-refractivity contribution in [1.82, 2.24) is 0 Å². The highest BCUT2D eigenvalue weighted by Crippen LogP contribution is 2.37. The molecule has 2 aromatic carbocycles. The van der Waals surface area contributed by atoms with Crippen molar-refractivity contribution in [3.8, 4) is 5.75 Å². The standard InChI is InChI=1S/C15H11F6NO3S/c1-25-12-4-2-3-11(8-12)22-26(23,24)13-6-9(14(16,17)18)5-10(7-13)15(19,20)21/h2-8,22H,1H3. The van der Waals surface area contributed by atoms with Crippen molar-refractivity contribution >= 4 is 15.7 Å². The summed E-state index contributed by atoms with van der Waals surface area (Å²) >= 11 is 0. The van der Waals surface area contributed by atoms with E-state index in [1.54, 1.807) is 0 Å². The number of alkyl halides is 6. The molecule has 0 atom stereocenters. The summed E-state index contributed by atoms with van der Waals surface area (Å²) < 4.78 is 108. The number of anilines is 1. The number of hydrogen-bond donors (Lipinski definition) is 1. The van der Waals surface area contributed by atoms with Gasteiger partial charge in [-0.3, -0.25) is 4.72 Å². The molecule has 142 valence electrons. The molecule has 0 aliphatic carbocycles. The SMILES string of the molecule is COc1cccc(NS(=O)(=O)c2cc(C(F)(F)F)cc(C(F)(F)F)c2)c1. The van der Waals surface area contributed by atoms with Gasteiger partial charge in [0.05, 0.1) is 28.8 Å². The summed E-state index contributed by atoms with van der Waals surface area (Å²) in [5.74, 6) is 0.241. The van der Waals surface area contributed by atoms with Crippen LogP contribution >= 0.6 is 0 Å². The Hall–Kier alpha value is -2.43. The van der Waals surface area contributed by atoms with Gasteiger partial charge >= 0.3 is 12.4 Å². The van der Waals surface area contributed by atoms with Gasteiger partial charge in [0, 0.05) is 6.07 Å². The molecule has 0 heterocycles. The fourth-order valence-corrected chi connectivity index (χ4v) is 3.10. The molecule has 11 heteroatoms. The molecule has 0 aromatic heterocycles. The summed E-state index contributed by atoms with van der Waals surface area (Å²) in [6.45, 7) is 0. The molecule has 0 aliphatic rings. The molecule has 0 saturated heterocycles. The minimum absolute atomic E-state index is 0.0877. The number of halogens is 6. The first-order chi connectivity index (χ1) is 11.8. The maximum Gasteiger partial charge on any atom is 0.416 e. The highest BCUT2D eigenvalue weighted by Gasteiger charge is 2.38. The lowest BCUT2D eigenvalue weighted by Gasteiger charge is -2.15. The molecule has 0 saturated carbocycles. The van der Waals surface area contributed by atoms with E-state index in [0.717, 1.165) is 0 Å². The first-order valence-corrected chi connectivity index (χ1v) is 8.27. The summed E-state index contributed by atoms with van der Waals surface area (Å²) in [7, 11) is -3.41. The van der Waals surface area contributed by atoms with Crippen molar-refractivity contribution in [3.63, 3.8) is 0 Å². The number of benzene rings is 2. The predicted octanol–water partition coefficient (Wildman–Crippen LogP) is 4.53. The maximum atomic E-state index is 12.9. The maximum absolute atomic E-state index is 12.9. The Morgan fingerprint density at radius 1 is 0.885 bits per heavy atom. The average Bonchev–Trinajstić information content (AvgIpc) is 2.52. The third kappa shape index (κ3) is 4.59. The number of rotatable bonds is 4. The zero-order valence-corrected chi connectivity index (χ0v) is 13.8. The second kappa shape index (κ2) is 6.71. The van der Waals surface area contributed by atoms with E-state index in [-0.39, 0.29) is 29.6 Å². The Kier molecular flexibility index (Phi) is 5.13. The molecule has 0 amide bonds. The second-order valence-electron chi connectivity index (χ2n) is 5.08. The Morgan fingerprint density at radius 3 is 1.88 bits per heavy atom. The summed E-state index contributed by atoms with van der Waals surface area (Å²) in [5.41, 5.74) is -3.54. The number of methoxy groups -OCH3 is 1. The fraction of sp³-hybridized carbons (Fsp3) is 0.200. The second-order valence-corrected chi connectivity index (χ2v) is 6.76. The highest BCUT2D eigenvalue weighted by molar-refractivity contribution is 7.92. The normalized spacial score (nSPS) is 12.7. The van der Waals surface area contributed by atoms with E-state index in [1.165, 1.54) is 31.4 Å². The van der Waals surface area contributed by atoms with E-state index in [2.05, 4.69) is 0 Å². The monoisotopic (exact) mass is 399 g/mol. The topological polar surface area (TPSA) is 55.4 Å². The van der Waals surface area contributed by atoms with Gasteiger partial charge in [-0.15, -0.1) is 0 Å². The van der Waals surface area contributed by atoms with E-state index in [0.29, 0.717) is 0 Å². The Bertz CT molecular complexity index is 874. The van der Waals surface area contributed by atoms with Gasteiger partial charge in [0.1, 0.15) is 5.75 Å². The molecule has 1 N–H and O–H groups in total. The van der Waals surface area contributed by atoms with Gasteiger partial charge in [-0.05, 0) is 30.3 Å². The summed E-state index contributed by atoms with van der Waals surface area (Å²) in [6.07, 6.45) is -10.3. The Labute approximate surface area is 144 Å². The third-order valence-electron chi connectivity index (χ3n) is 3.19. The number of sulfonamides is 1. The van der Waals surface area contributed by atoms with Crippen molar-refractivity contribution in [1.29, 1.82) is 0 Å². The molecule has 4 nitrogen and oxygen atoms in total. The molecular weight excluding hydrogens is 388 g/mol. The van der Waals surface area contributed by atoms with Crippen LogP contribution in [0.25, 0.3) is 0 Å². The Balaban J connectivity index is 2.54. The van der Waals surface area contributed by atoms with Crippen LogP contribution in [0.4, 0.5) is 32.0 Å². The predicted molar refractivity (Wildman–Crippen MR) is 80.2 cm³/mol. The first kappa shape index (κ1) is 19.9. The molecule has 0 spiro atoms. The van der Waals surface area contributed by atoms with Gasteiger partial charge in [0.2, 0.25) is 0 Å². The van der Waals surface area contributed by atoms with Crippen LogP contribution in [0, 0.1) is 0 Å². The van der Waals surface area contributed by atoms with Crippen LogP contribution in [-0.4, -0.2) is 15.5 Å². The summed E-state index contributed by atoms with van der Waals surface area (Å²) in [5, 5.41) is 0. The van der Waals surface area contributed by atoms with Gasteiger partial charge in [-0.25, -0.2) is 8.42 Å². The van der Waals surface area contributed by atoms with Crippen LogP contribution in [0.2, 0.25) is 0 Å². The Morgan fingerprint density at radius 2 is 1.42 bits per heavy atom. The lowest BCUT2D eigenvalue weighted by molar-refractivity contribution is -0.143.